The van der Waals surface area contributed by atoms with E-state index in [1.807, 2.05) is 6.07 Å². The minimum Gasteiger partial charge on any atom is -0.354 e. The summed E-state index contributed by atoms with van der Waals surface area (Å²) in [5.41, 5.74) is 0.649. The van der Waals surface area contributed by atoms with Crippen LogP contribution in [0.5, 0.6) is 0 Å². The number of piperazine rings is 1. The molecule has 0 aromatic heterocycles. The topological polar surface area (TPSA) is 64.7 Å². The molecule has 1 aliphatic heterocycles. The molecular formula is C26H34F2N4O2. The number of nitrogens with one attached hydrogen (secondary N) is 2. The van der Waals surface area contributed by atoms with Gasteiger partial charge in [0.25, 0.3) is 5.91 Å². The summed E-state index contributed by atoms with van der Waals surface area (Å²) in [6, 6.07) is 12.8. The van der Waals surface area contributed by atoms with Crippen LogP contribution in [-0.2, 0) is 11.3 Å². The monoisotopic (exact) mass is 472 g/mol. The van der Waals surface area contributed by atoms with E-state index in [-0.39, 0.29) is 11.8 Å². The Morgan fingerprint density at radius 1 is 0.912 bits per heavy atom. The summed E-state index contributed by atoms with van der Waals surface area (Å²) in [5.74, 6) is -3.43. The number of hydrogen-bond donors (Lipinski definition) is 2. The molecule has 8 heteroatoms. The van der Waals surface area contributed by atoms with Crippen LogP contribution >= 0.6 is 0 Å². The average molecular weight is 473 g/mol. The van der Waals surface area contributed by atoms with Crippen molar-refractivity contribution in [3.05, 3.63) is 71.3 Å². The third kappa shape index (κ3) is 7.33. The summed E-state index contributed by atoms with van der Waals surface area (Å²) in [6.45, 7) is 9.84. The van der Waals surface area contributed by atoms with E-state index in [2.05, 4.69) is 44.7 Å². The molecule has 1 fully saturated rings. The lowest BCUT2D eigenvalue weighted by atomic mass is 10.0. The maximum absolute atomic E-state index is 13.9. The number of benzene rings is 2. The quantitative estimate of drug-likeness (QED) is 0.522. The molecule has 1 saturated heterocycles. The molecule has 0 aliphatic carbocycles. The van der Waals surface area contributed by atoms with Gasteiger partial charge < -0.3 is 15.5 Å². The summed E-state index contributed by atoms with van der Waals surface area (Å²) < 4.78 is 27.8. The first kappa shape index (κ1) is 25.8. The number of carbonyl (C=O) groups excluding carboxylic acids is 2. The molecular weight excluding hydrogens is 438 g/mol. The van der Waals surface area contributed by atoms with Crippen molar-refractivity contribution < 1.29 is 18.4 Å². The van der Waals surface area contributed by atoms with Gasteiger partial charge in [0.05, 0.1) is 0 Å². The van der Waals surface area contributed by atoms with Gasteiger partial charge in [-0.25, -0.2) is 8.78 Å². The number of nitrogens with zero attached hydrogens (tertiary/aromatic N) is 2. The zero-order valence-corrected chi connectivity index (χ0v) is 19.9. The molecule has 6 nitrogen and oxygen atoms in total. The van der Waals surface area contributed by atoms with Gasteiger partial charge in [0.15, 0.2) is 0 Å². The van der Waals surface area contributed by atoms with Crippen LogP contribution in [0.15, 0.2) is 48.5 Å². The highest BCUT2D eigenvalue weighted by Crippen LogP contribution is 2.13. The van der Waals surface area contributed by atoms with Crippen molar-refractivity contribution in [3.8, 4) is 0 Å². The Bertz CT molecular complexity index is 927. The average Bonchev–Trinajstić information content (AvgIpc) is 2.81. The molecule has 0 unspecified atom stereocenters. The molecule has 0 spiro atoms. The number of halogens is 2. The molecule has 34 heavy (non-hydrogen) atoms. The van der Waals surface area contributed by atoms with E-state index in [0.29, 0.717) is 6.54 Å². The largest absolute Gasteiger partial charge is 0.354 e. The molecule has 2 aromatic carbocycles. The maximum Gasteiger partial charge on any atom is 0.257 e. The smallest absolute Gasteiger partial charge is 0.257 e. The second-order valence-electron chi connectivity index (χ2n) is 9.04. The first-order valence-corrected chi connectivity index (χ1v) is 11.9. The number of hydrogen-bond acceptors (Lipinski definition) is 4. The van der Waals surface area contributed by atoms with Gasteiger partial charge in [-0.15, -0.1) is 0 Å². The Morgan fingerprint density at radius 2 is 1.53 bits per heavy atom. The standard InChI is InChI=1S/C26H34F2N4O2/c1-19(2)24(30-25(33)23-21(27)10-6-11-22(23)28)26(34)29-12-7-13-31-14-16-32(17-15-31)18-20-8-4-3-5-9-20/h3-6,8-11,19,24H,7,12-18H2,1-2H3,(H,29,34)(H,30,33)/t24-/m0/s1. The second kappa shape index (κ2) is 12.6. The summed E-state index contributed by atoms with van der Waals surface area (Å²) >= 11 is 0. The molecule has 1 atom stereocenters. The predicted octanol–water partition coefficient (Wildman–Crippen LogP) is 3.04. The van der Waals surface area contributed by atoms with Crippen molar-refractivity contribution in [3.63, 3.8) is 0 Å². The van der Waals surface area contributed by atoms with Gasteiger partial charge in [0.2, 0.25) is 5.91 Å². The van der Waals surface area contributed by atoms with Gasteiger partial charge in [0, 0.05) is 39.3 Å². The fourth-order valence-electron chi connectivity index (χ4n) is 4.10. The van der Waals surface area contributed by atoms with Crippen LogP contribution in [0.1, 0.15) is 36.2 Å². The Kier molecular flexibility index (Phi) is 9.53. The normalized spacial score (nSPS) is 15.8. The Morgan fingerprint density at radius 3 is 2.15 bits per heavy atom. The van der Waals surface area contributed by atoms with Crippen molar-refractivity contribution >= 4 is 11.8 Å². The Labute approximate surface area is 200 Å². The second-order valence-corrected chi connectivity index (χ2v) is 9.04. The van der Waals surface area contributed by atoms with E-state index < -0.39 is 29.1 Å². The van der Waals surface area contributed by atoms with Gasteiger partial charge in [-0.3, -0.25) is 14.5 Å². The van der Waals surface area contributed by atoms with Crippen molar-refractivity contribution in [1.82, 2.24) is 20.4 Å². The highest BCUT2D eigenvalue weighted by atomic mass is 19.1. The number of carbonyl (C=O) groups is 2. The van der Waals surface area contributed by atoms with E-state index in [1.165, 1.54) is 11.6 Å². The lowest BCUT2D eigenvalue weighted by Gasteiger charge is -2.34. The fourth-order valence-corrected chi connectivity index (χ4v) is 4.10. The van der Waals surface area contributed by atoms with Crippen LogP contribution < -0.4 is 10.6 Å². The minimum atomic E-state index is -0.954. The van der Waals surface area contributed by atoms with Crippen LogP contribution in [0.2, 0.25) is 0 Å². The van der Waals surface area contributed by atoms with Gasteiger partial charge in [-0.05, 0) is 36.6 Å². The van der Waals surface area contributed by atoms with Crippen LogP contribution in [-0.4, -0.2) is 66.9 Å². The lowest BCUT2D eigenvalue weighted by molar-refractivity contribution is -0.123. The van der Waals surface area contributed by atoms with Crippen molar-refractivity contribution in [2.75, 3.05) is 39.3 Å². The van der Waals surface area contributed by atoms with Gasteiger partial charge in [-0.2, -0.15) is 0 Å². The van der Waals surface area contributed by atoms with Crippen molar-refractivity contribution in [2.45, 2.75) is 32.9 Å². The summed E-state index contributed by atoms with van der Waals surface area (Å²) in [4.78, 5) is 29.9. The molecule has 184 valence electrons. The third-order valence-corrected chi connectivity index (χ3v) is 6.09. The van der Waals surface area contributed by atoms with Crippen LogP contribution in [0.25, 0.3) is 0 Å². The summed E-state index contributed by atoms with van der Waals surface area (Å²) in [6.07, 6.45) is 0.783. The molecule has 1 aliphatic rings. The summed E-state index contributed by atoms with van der Waals surface area (Å²) in [5, 5.41) is 5.34. The van der Waals surface area contributed by atoms with E-state index >= 15 is 0 Å². The van der Waals surface area contributed by atoms with Crippen molar-refractivity contribution in [1.29, 1.82) is 0 Å². The molecule has 2 aromatic rings. The van der Waals surface area contributed by atoms with Crippen molar-refractivity contribution in [2.24, 2.45) is 5.92 Å². The summed E-state index contributed by atoms with van der Waals surface area (Å²) in [7, 11) is 0. The van der Waals surface area contributed by atoms with Crippen LogP contribution in [0, 0.1) is 17.6 Å². The fraction of sp³-hybridized carbons (Fsp3) is 0.462. The molecule has 0 radical (unpaired) electrons. The lowest BCUT2D eigenvalue weighted by Crippen LogP contribution is -2.50. The Balaban J connectivity index is 1.39. The van der Waals surface area contributed by atoms with Gasteiger partial charge >= 0.3 is 0 Å². The Hall–Kier alpha value is -2.84. The highest BCUT2D eigenvalue weighted by Gasteiger charge is 2.27. The zero-order chi connectivity index (χ0) is 24.5. The zero-order valence-electron chi connectivity index (χ0n) is 19.9. The van der Waals surface area contributed by atoms with E-state index in [4.69, 9.17) is 0 Å². The molecule has 2 N–H and O–H groups in total. The molecule has 2 amide bonds. The maximum atomic E-state index is 13.9. The highest BCUT2D eigenvalue weighted by molar-refractivity contribution is 5.98. The first-order valence-electron chi connectivity index (χ1n) is 11.9. The molecule has 0 bridgehead atoms. The SMILES string of the molecule is CC(C)[C@H](NC(=O)c1c(F)cccc1F)C(=O)NCCCN1CCN(Cc2ccccc2)CC1. The van der Waals surface area contributed by atoms with Crippen LogP contribution in [0.3, 0.4) is 0 Å². The third-order valence-electron chi connectivity index (χ3n) is 6.09. The van der Waals surface area contributed by atoms with E-state index in [0.717, 1.165) is 57.8 Å². The van der Waals surface area contributed by atoms with Gasteiger partial charge in [-0.1, -0.05) is 50.2 Å². The van der Waals surface area contributed by atoms with Gasteiger partial charge in [0.1, 0.15) is 23.2 Å². The van der Waals surface area contributed by atoms with Crippen LogP contribution in [0.4, 0.5) is 8.78 Å². The van der Waals surface area contributed by atoms with E-state index in [9.17, 15) is 18.4 Å². The first-order chi connectivity index (χ1) is 16.3. The number of amides is 2. The number of rotatable bonds is 10. The predicted molar refractivity (Wildman–Crippen MR) is 128 cm³/mol. The molecule has 0 saturated carbocycles. The molecule has 3 rings (SSSR count). The minimum absolute atomic E-state index is 0.239. The van der Waals surface area contributed by atoms with E-state index in [1.54, 1.807) is 13.8 Å². The molecule has 1 heterocycles.